The molecule has 1 spiro atoms. The second-order valence-electron chi connectivity index (χ2n) is 7.86. The molecule has 2 aliphatic rings. The van der Waals surface area contributed by atoms with Crippen LogP contribution in [0.15, 0.2) is 0 Å². The number of nitrogens with zero attached hydrogens (tertiary/aromatic N) is 2. The molecule has 1 unspecified atom stereocenters. The van der Waals surface area contributed by atoms with Gasteiger partial charge in [0.2, 0.25) is 5.91 Å². The summed E-state index contributed by atoms with van der Waals surface area (Å²) in [7, 11) is 0. The fraction of sp³-hybridized carbons (Fsp3) is 0.812. The van der Waals surface area contributed by atoms with Crippen LogP contribution in [0, 0.1) is 5.92 Å². The van der Waals surface area contributed by atoms with E-state index in [1.54, 1.807) is 20.8 Å². The Morgan fingerprint density at radius 3 is 2.42 bits per heavy atom. The lowest BCUT2D eigenvalue weighted by atomic mass is 9.81. The average Bonchev–Trinajstić information content (AvgIpc) is 2.44. The lowest BCUT2D eigenvalue weighted by Crippen LogP contribution is -2.83. The quantitative estimate of drug-likeness (QED) is 0.699. The molecular weight excluding hydrogens is 312 g/mol. The topological polar surface area (TPSA) is 105 Å². The van der Waals surface area contributed by atoms with Crippen molar-refractivity contribution >= 4 is 17.9 Å². The molecule has 0 aromatic heterocycles. The van der Waals surface area contributed by atoms with Crippen LogP contribution in [0.2, 0.25) is 0 Å². The standard InChI is InChI=1S/C16H28N4O4/c1-10(2)11(12(17)21)19-9-16(13(19)22)8-18-6-7-20(16)14(23)24-15(3,4)5/h10-11,18H,6-9H2,1-5H3,(H2,17,21)/t11-,16?/m0/s1. The zero-order valence-corrected chi connectivity index (χ0v) is 15.1. The number of β-lactam (4-membered cyclic amide) rings is 1. The van der Waals surface area contributed by atoms with Crippen LogP contribution in [0.5, 0.6) is 0 Å². The first-order chi connectivity index (χ1) is 11.0. The Balaban J connectivity index is 2.20. The maximum absolute atomic E-state index is 12.9. The highest BCUT2D eigenvalue weighted by Crippen LogP contribution is 2.35. The average molecular weight is 340 g/mol. The van der Waals surface area contributed by atoms with Crippen molar-refractivity contribution in [2.45, 2.75) is 51.8 Å². The van der Waals surface area contributed by atoms with Gasteiger partial charge < -0.3 is 20.7 Å². The summed E-state index contributed by atoms with van der Waals surface area (Å²) in [4.78, 5) is 40.1. The van der Waals surface area contributed by atoms with Crippen molar-refractivity contribution in [3.63, 3.8) is 0 Å². The molecular formula is C16H28N4O4. The summed E-state index contributed by atoms with van der Waals surface area (Å²) in [5, 5.41) is 3.16. The highest BCUT2D eigenvalue weighted by Gasteiger charge is 2.61. The van der Waals surface area contributed by atoms with E-state index in [-0.39, 0.29) is 18.4 Å². The number of carbonyl (C=O) groups excluding carboxylic acids is 3. The van der Waals surface area contributed by atoms with Crippen LogP contribution in [0.4, 0.5) is 4.79 Å². The molecule has 8 nitrogen and oxygen atoms in total. The van der Waals surface area contributed by atoms with Crippen molar-refractivity contribution in [1.82, 2.24) is 15.1 Å². The Morgan fingerprint density at radius 2 is 1.96 bits per heavy atom. The monoisotopic (exact) mass is 340 g/mol. The second-order valence-corrected chi connectivity index (χ2v) is 7.86. The fourth-order valence-electron chi connectivity index (χ4n) is 3.37. The van der Waals surface area contributed by atoms with Gasteiger partial charge in [-0.2, -0.15) is 0 Å². The molecule has 24 heavy (non-hydrogen) atoms. The van der Waals surface area contributed by atoms with E-state index in [1.165, 1.54) is 9.80 Å². The van der Waals surface area contributed by atoms with Crippen LogP contribution < -0.4 is 11.1 Å². The highest BCUT2D eigenvalue weighted by atomic mass is 16.6. The number of likely N-dealkylation sites (tertiary alicyclic amines) is 1. The summed E-state index contributed by atoms with van der Waals surface area (Å²) in [6.45, 7) is 10.7. The summed E-state index contributed by atoms with van der Waals surface area (Å²) in [6.07, 6.45) is -0.503. The maximum atomic E-state index is 12.9. The summed E-state index contributed by atoms with van der Waals surface area (Å²) in [6, 6.07) is -0.662. The van der Waals surface area contributed by atoms with Crippen LogP contribution in [0.3, 0.4) is 0 Å². The number of ether oxygens (including phenoxy) is 1. The van der Waals surface area contributed by atoms with E-state index in [0.717, 1.165) is 0 Å². The smallest absolute Gasteiger partial charge is 0.411 e. The minimum Gasteiger partial charge on any atom is -0.444 e. The van der Waals surface area contributed by atoms with Gasteiger partial charge in [-0.05, 0) is 26.7 Å². The molecule has 2 aliphatic heterocycles. The van der Waals surface area contributed by atoms with Crippen molar-refractivity contribution < 1.29 is 19.1 Å². The van der Waals surface area contributed by atoms with Gasteiger partial charge in [0, 0.05) is 19.6 Å². The van der Waals surface area contributed by atoms with E-state index < -0.39 is 29.2 Å². The van der Waals surface area contributed by atoms with Crippen LogP contribution in [-0.4, -0.2) is 71.1 Å². The third kappa shape index (κ3) is 3.19. The molecule has 0 saturated carbocycles. The van der Waals surface area contributed by atoms with Crippen molar-refractivity contribution in [2.24, 2.45) is 11.7 Å². The van der Waals surface area contributed by atoms with Crippen LogP contribution in [-0.2, 0) is 14.3 Å². The van der Waals surface area contributed by atoms with Crippen LogP contribution in [0.1, 0.15) is 34.6 Å². The lowest BCUT2D eigenvalue weighted by Gasteiger charge is -2.57. The summed E-state index contributed by atoms with van der Waals surface area (Å²) in [5.74, 6) is -0.867. The first kappa shape index (κ1) is 18.5. The van der Waals surface area contributed by atoms with E-state index in [4.69, 9.17) is 10.5 Å². The number of hydrogen-bond donors (Lipinski definition) is 2. The van der Waals surface area contributed by atoms with Crippen LogP contribution in [0.25, 0.3) is 0 Å². The van der Waals surface area contributed by atoms with Crippen molar-refractivity contribution in [3.05, 3.63) is 0 Å². The zero-order valence-electron chi connectivity index (χ0n) is 15.1. The predicted molar refractivity (Wildman–Crippen MR) is 88.1 cm³/mol. The van der Waals surface area contributed by atoms with E-state index in [0.29, 0.717) is 19.6 Å². The molecule has 136 valence electrons. The fourth-order valence-corrected chi connectivity index (χ4v) is 3.37. The molecule has 0 radical (unpaired) electrons. The van der Waals surface area contributed by atoms with Crippen molar-refractivity contribution in [1.29, 1.82) is 0 Å². The van der Waals surface area contributed by atoms with Gasteiger partial charge in [-0.1, -0.05) is 13.8 Å². The number of hydrogen-bond acceptors (Lipinski definition) is 5. The molecule has 0 bridgehead atoms. The Hall–Kier alpha value is -1.83. The largest absolute Gasteiger partial charge is 0.444 e. The molecule has 0 aromatic rings. The van der Waals surface area contributed by atoms with Gasteiger partial charge in [0.1, 0.15) is 11.6 Å². The van der Waals surface area contributed by atoms with Gasteiger partial charge in [0.25, 0.3) is 5.91 Å². The SMILES string of the molecule is CC(C)[C@@H](C(N)=O)N1CC2(CNCCN2C(=O)OC(C)(C)C)C1=O. The molecule has 0 aliphatic carbocycles. The summed E-state index contributed by atoms with van der Waals surface area (Å²) >= 11 is 0. The van der Waals surface area contributed by atoms with Crippen LogP contribution >= 0.6 is 0 Å². The molecule has 3 amide bonds. The predicted octanol–water partition coefficient (Wildman–Crippen LogP) is -0.0824. The van der Waals surface area contributed by atoms with Crippen molar-refractivity contribution in [3.8, 4) is 0 Å². The highest BCUT2D eigenvalue weighted by molar-refractivity contribution is 5.99. The second kappa shape index (κ2) is 6.23. The molecule has 2 rings (SSSR count). The van der Waals surface area contributed by atoms with E-state index in [9.17, 15) is 14.4 Å². The number of piperazine rings is 1. The van der Waals surface area contributed by atoms with E-state index >= 15 is 0 Å². The number of carbonyl (C=O) groups is 3. The Kier molecular flexibility index (Phi) is 4.81. The molecule has 2 atom stereocenters. The molecule has 2 saturated heterocycles. The third-order valence-corrected chi connectivity index (χ3v) is 4.41. The molecule has 0 aromatic carbocycles. The maximum Gasteiger partial charge on any atom is 0.411 e. The van der Waals surface area contributed by atoms with E-state index in [1.807, 2.05) is 13.8 Å². The van der Waals surface area contributed by atoms with Gasteiger partial charge in [-0.25, -0.2) is 4.79 Å². The number of primary amides is 1. The third-order valence-electron chi connectivity index (χ3n) is 4.41. The normalized spacial score (nSPS) is 25.7. The zero-order chi connectivity index (χ0) is 18.3. The summed E-state index contributed by atoms with van der Waals surface area (Å²) < 4.78 is 5.44. The minimum absolute atomic E-state index is 0.0877. The van der Waals surface area contributed by atoms with E-state index in [2.05, 4.69) is 5.32 Å². The van der Waals surface area contributed by atoms with Crippen molar-refractivity contribution in [2.75, 3.05) is 26.2 Å². The molecule has 8 heteroatoms. The van der Waals surface area contributed by atoms with Gasteiger partial charge in [0.05, 0.1) is 6.54 Å². The molecule has 2 heterocycles. The first-order valence-electron chi connectivity index (χ1n) is 8.31. The Bertz CT molecular complexity index is 543. The minimum atomic E-state index is -0.983. The number of rotatable bonds is 3. The Morgan fingerprint density at radius 1 is 1.33 bits per heavy atom. The van der Waals surface area contributed by atoms with Gasteiger partial charge in [-0.3, -0.25) is 14.5 Å². The lowest BCUT2D eigenvalue weighted by molar-refractivity contribution is -0.173. The molecule has 3 N–H and O–H groups in total. The Labute approximate surface area is 142 Å². The van der Waals surface area contributed by atoms with Gasteiger partial charge in [0.15, 0.2) is 5.54 Å². The van der Waals surface area contributed by atoms with Gasteiger partial charge >= 0.3 is 6.09 Å². The number of nitrogens with one attached hydrogen (secondary N) is 1. The summed E-state index contributed by atoms with van der Waals surface area (Å²) in [5.41, 5.74) is 3.83. The molecule has 2 fully saturated rings. The number of amides is 3. The number of nitrogens with two attached hydrogens (primary N) is 1. The first-order valence-corrected chi connectivity index (χ1v) is 8.31. The van der Waals surface area contributed by atoms with Gasteiger partial charge in [-0.15, -0.1) is 0 Å².